The molecule has 0 unspecified atom stereocenters. The molecule has 0 saturated heterocycles. The number of aromatic nitrogens is 4. The number of para-hydroxylation sites is 2. The predicted octanol–water partition coefficient (Wildman–Crippen LogP) is 3.61. The molecule has 0 saturated carbocycles. The van der Waals surface area contributed by atoms with Gasteiger partial charge < -0.3 is 15.0 Å². The standard InChI is InChI=1S/C23H26N6O/c1-24-19(17-9-5-4-6-10-17)13-14-30-21-12-8-7-11-20(21)29-16-18-15-25-26-23(28(2)3)22(18)27-29/h4-12,15-16,19,24H,13-14H2,1-3H3/t19-/m0/s1. The minimum absolute atomic E-state index is 0.241. The van der Waals surface area contributed by atoms with Crippen LogP contribution in [0.2, 0.25) is 0 Å². The largest absolute Gasteiger partial charge is 0.491 e. The number of rotatable bonds is 8. The molecule has 7 heteroatoms. The zero-order chi connectivity index (χ0) is 20.9. The lowest BCUT2D eigenvalue weighted by Crippen LogP contribution is -2.19. The van der Waals surface area contributed by atoms with Crippen LogP contribution in [0.1, 0.15) is 18.0 Å². The summed E-state index contributed by atoms with van der Waals surface area (Å²) in [6.07, 6.45) is 4.54. The number of nitrogens with one attached hydrogen (secondary N) is 1. The maximum Gasteiger partial charge on any atom is 0.179 e. The Morgan fingerprint density at radius 2 is 1.83 bits per heavy atom. The second-order valence-corrected chi connectivity index (χ2v) is 7.30. The van der Waals surface area contributed by atoms with Crippen molar-refractivity contribution in [3.05, 3.63) is 72.6 Å². The number of hydrogen-bond donors (Lipinski definition) is 1. The summed E-state index contributed by atoms with van der Waals surface area (Å²) in [4.78, 5) is 1.91. The molecular weight excluding hydrogens is 376 g/mol. The highest BCUT2D eigenvalue weighted by atomic mass is 16.5. The van der Waals surface area contributed by atoms with Crippen molar-refractivity contribution < 1.29 is 4.74 Å². The molecule has 4 rings (SSSR count). The van der Waals surface area contributed by atoms with Gasteiger partial charge in [-0.1, -0.05) is 42.5 Å². The van der Waals surface area contributed by atoms with E-state index in [4.69, 9.17) is 9.84 Å². The molecule has 30 heavy (non-hydrogen) atoms. The number of nitrogens with zero attached hydrogens (tertiary/aromatic N) is 5. The van der Waals surface area contributed by atoms with Crippen LogP contribution in [0.15, 0.2) is 67.0 Å². The van der Waals surface area contributed by atoms with Gasteiger partial charge in [-0.3, -0.25) is 0 Å². The molecule has 4 aromatic rings. The Hall–Kier alpha value is -3.45. The molecule has 1 atom stereocenters. The van der Waals surface area contributed by atoms with Crippen LogP contribution in [0.5, 0.6) is 5.75 Å². The number of anilines is 1. The normalized spacial score (nSPS) is 12.1. The maximum absolute atomic E-state index is 6.18. The SMILES string of the molecule is CN[C@@H](CCOc1ccccc1-n1cc2cnnc(N(C)C)c2n1)c1ccccc1. The fourth-order valence-corrected chi connectivity index (χ4v) is 3.49. The third-order valence-electron chi connectivity index (χ3n) is 5.05. The minimum Gasteiger partial charge on any atom is -0.491 e. The molecule has 0 aliphatic carbocycles. The van der Waals surface area contributed by atoms with E-state index in [0.717, 1.165) is 34.6 Å². The Morgan fingerprint density at radius 3 is 2.60 bits per heavy atom. The van der Waals surface area contributed by atoms with Gasteiger partial charge in [-0.25, -0.2) is 4.68 Å². The molecule has 154 valence electrons. The molecule has 2 aromatic heterocycles. The van der Waals surface area contributed by atoms with Gasteiger partial charge in [-0.05, 0) is 24.7 Å². The zero-order valence-corrected chi connectivity index (χ0v) is 17.5. The van der Waals surface area contributed by atoms with Crippen LogP contribution in [0.25, 0.3) is 16.6 Å². The summed E-state index contributed by atoms with van der Waals surface area (Å²) in [5.74, 6) is 1.53. The van der Waals surface area contributed by atoms with Crippen molar-refractivity contribution in [3.63, 3.8) is 0 Å². The average Bonchev–Trinajstić information content (AvgIpc) is 3.21. The Balaban J connectivity index is 1.55. The molecule has 0 radical (unpaired) electrons. The summed E-state index contributed by atoms with van der Waals surface area (Å²) in [6, 6.07) is 18.6. The predicted molar refractivity (Wildman–Crippen MR) is 119 cm³/mol. The van der Waals surface area contributed by atoms with E-state index in [2.05, 4.69) is 39.8 Å². The topological polar surface area (TPSA) is 68.1 Å². The third-order valence-corrected chi connectivity index (χ3v) is 5.05. The van der Waals surface area contributed by atoms with E-state index in [1.807, 2.05) is 67.3 Å². The number of fused-ring (bicyclic) bond motifs is 1. The number of benzene rings is 2. The van der Waals surface area contributed by atoms with Crippen molar-refractivity contribution in [2.75, 3.05) is 32.6 Å². The smallest absolute Gasteiger partial charge is 0.179 e. The molecule has 0 aliphatic heterocycles. The van der Waals surface area contributed by atoms with Gasteiger partial charge in [0.1, 0.15) is 17.0 Å². The van der Waals surface area contributed by atoms with Gasteiger partial charge >= 0.3 is 0 Å². The highest BCUT2D eigenvalue weighted by molar-refractivity contribution is 5.87. The van der Waals surface area contributed by atoms with E-state index in [1.54, 1.807) is 6.20 Å². The van der Waals surface area contributed by atoms with E-state index in [1.165, 1.54) is 5.56 Å². The third kappa shape index (κ3) is 4.11. The molecule has 0 aliphatic rings. The summed E-state index contributed by atoms with van der Waals surface area (Å²) in [7, 11) is 5.85. The van der Waals surface area contributed by atoms with Crippen molar-refractivity contribution in [3.8, 4) is 11.4 Å². The summed E-state index contributed by atoms with van der Waals surface area (Å²) < 4.78 is 8.01. The van der Waals surface area contributed by atoms with E-state index >= 15 is 0 Å². The second kappa shape index (κ2) is 8.92. The molecule has 0 amide bonds. The highest BCUT2D eigenvalue weighted by Gasteiger charge is 2.14. The van der Waals surface area contributed by atoms with Crippen LogP contribution in [0.4, 0.5) is 5.82 Å². The number of ether oxygens (including phenoxy) is 1. The van der Waals surface area contributed by atoms with Crippen LogP contribution in [-0.4, -0.2) is 47.7 Å². The van der Waals surface area contributed by atoms with Gasteiger partial charge in [0.15, 0.2) is 5.82 Å². The van der Waals surface area contributed by atoms with Crippen molar-refractivity contribution in [2.45, 2.75) is 12.5 Å². The Labute approximate surface area is 176 Å². The molecule has 0 fully saturated rings. The van der Waals surface area contributed by atoms with Crippen molar-refractivity contribution in [1.82, 2.24) is 25.3 Å². The lowest BCUT2D eigenvalue weighted by atomic mass is 10.0. The lowest BCUT2D eigenvalue weighted by molar-refractivity contribution is 0.289. The average molecular weight is 403 g/mol. The van der Waals surface area contributed by atoms with E-state index < -0.39 is 0 Å². The molecule has 7 nitrogen and oxygen atoms in total. The first-order chi connectivity index (χ1) is 14.7. The molecule has 0 spiro atoms. The molecule has 0 bridgehead atoms. The van der Waals surface area contributed by atoms with Crippen LogP contribution in [-0.2, 0) is 0 Å². The van der Waals surface area contributed by atoms with Gasteiger partial charge in [0.05, 0.1) is 12.8 Å². The Bertz CT molecular complexity index is 1110. The summed E-state index contributed by atoms with van der Waals surface area (Å²) in [6.45, 7) is 0.588. The van der Waals surface area contributed by atoms with Gasteiger partial charge in [-0.2, -0.15) is 10.2 Å². The van der Waals surface area contributed by atoms with Crippen molar-refractivity contribution in [1.29, 1.82) is 0 Å². The van der Waals surface area contributed by atoms with Crippen LogP contribution in [0.3, 0.4) is 0 Å². The second-order valence-electron chi connectivity index (χ2n) is 7.30. The summed E-state index contributed by atoms with van der Waals surface area (Å²) in [5.41, 5.74) is 2.95. The fraction of sp³-hybridized carbons (Fsp3) is 0.261. The molecule has 2 heterocycles. The molecule has 1 N–H and O–H groups in total. The first-order valence-corrected chi connectivity index (χ1v) is 10.00. The highest BCUT2D eigenvalue weighted by Crippen LogP contribution is 2.27. The quantitative estimate of drug-likeness (QED) is 0.486. The monoisotopic (exact) mass is 402 g/mol. The molecular formula is C23H26N6O. The van der Waals surface area contributed by atoms with Gasteiger partial charge in [0.25, 0.3) is 0 Å². The summed E-state index contributed by atoms with van der Waals surface area (Å²) >= 11 is 0. The minimum atomic E-state index is 0.241. The first-order valence-electron chi connectivity index (χ1n) is 10.00. The molecule has 2 aromatic carbocycles. The van der Waals surface area contributed by atoms with Crippen LogP contribution >= 0.6 is 0 Å². The van der Waals surface area contributed by atoms with Crippen LogP contribution in [0, 0.1) is 0 Å². The van der Waals surface area contributed by atoms with Crippen LogP contribution < -0.4 is 15.0 Å². The Kier molecular flexibility index (Phi) is 5.90. The maximum atomic E-state index is 6.18. The van der Waals surface area contributed by atoms with E-state index in [9.17, 15) is 0 Å². The van der Waals surface area contributed by atoms with Crippen molar-refractivity contribution in [2.24, 2.45) is 0 Å². The van der Waals surface area contributed by atoms with E-state index in [0.29, 0.717) is 6.61 Å². The van der Waals surface area contributed by atoms with Gasteiger partial charge in [-0.15, -0.1) is 5.10 Å². The fourth-order valence-electron chi connectivity index (χ4n) is 3.49. The summed E-state index contributed by atoms with van der Waals surface area (Å²) in [5, 5.41) is 17.3. The van der Waals surface area contributed by atoms with Crippen molar-refractivity contribution >= 4 is 16.7 Å². The zero-order valence-electron chi connectivity index (χ0n) is 17.5. The lowest BCUT2D eigenvalue weighted by Gasteiger charge is -2.18. The van der Waals surface area contributed by atoms with Gasteiger partial charge in [0, 0.05) is 38.1 Å². The Morgan fingerprint density at radius 1 is 1.07 bits per heavy atom. The van der Waals surface area contributed by atoms with E-state index in [-0.39, 0.29) is 6.04 Å². The number of hydrogen-bond acceptors (Lipinski definition) is 6. The first kappa shape index (κ1) is 19.8. The van der Waals surface area contributed by atoms with Gasteiger partial charge in [0.2, 0.25) is 0 Å².